The van der Waals surface area contributed by atoms with Crippen LogP contribution in [-0.2, 0) is 18.3 Å². The molecule has 0 bridgehead atoms. The molecule has 0 aliphatic carbocycles. The summed E-state index contributed by atoms with van der Waals surface area (Å²) in [6.07, 6.45) is 4.22. The minimum atomic E-state index is 0.211. The first-order chi connectivity index (χ1) is 11.6. The van der Waals surface area contributed by atoms with E-state index in [1.807, 2.05) is 17.7 Å². The number of nitrogens with zero attached hydrogens (tertiary/aromatic N) is 4. The molecule has 2 atom stereocenters. The summed E-state index contributed by atoms with van der Waals surface area (Å²) in [6, 6.07) is 4.84. The second-order valence-corrected chi connectivity index (χ2v) is 8.41. The molecule has 5 nitrogen and oxygen atoms in total. The fraction of sp³-hybridized carbons (Fsp3) is 0.588. The SMILES string of the molecule is CC1CCCC(C)N1C(=O)CSc1nnc(Cc2cccs2)n1C. The lowest BCUT2D eigenvalue weighted by Crippen LogP contribution is -2.48. The molecular formula is C17H24N4OS2. The van der Waals surface area contributed by atoms with E-state index >= 15 is 0 Å². The minimum Gasteiger partial charge on any atom is -0.337 e. The number of hydrogen-bond donors (Lipinski definition) is 0. The Morgan fingerprint density at radius 1 is 1.33 bits per heavy atom. The van der Waals surface area contributed by atoms with Crippen LogP contribution in [-0.4, -0.2) is 43.4 Å². The number of likely N-dealkylation sites (tertiary alicyclic amines) is 1. The van der Waals surface area contributed by atoms with Crippen molar-refractivity contribution in [2.45, 2.75) is 56.8 Å². The predicted octanol–water partition coefficient (Wildman–Crippen LogP) is 3.35. The molecule has 130 valence electrons. The molecule has 0 saturated carbocycles. The molecule has 1 aliphatic heterocycles. The molecule has 1 saturated heterocycles. The van der Waals surface area contributed by atoms with Gasteiger partial charge in [-0.15, -0.1) is 21.5 Å². The summed E-state index contributed by atoms with van der Waals surface area (Å²) in [5.74, 6) is 1.58. The minimum absolute atomic E-state index is 0.211. The maximum atomic E-state index is 12.6. The summed E-state index contributed by atoms with van der Waals surface area (Å²) in [4.78, 5) is 15.9. The molecule has 1 aliphatic rings. The van der Waals surface area contributed by atoms with E-state index < -0.39 is 0 Å². The predicted molar refractivity (Wildman–Crippen MR) is 98.5 cm³/mol. The zero-order valence-electron chi connectivity index (χ0n) is 14.4. The van der Waals surface area contributed by atoms with Gasteiger partial charge in [-0.3, -0.25) is 4.79 Å². The number of carbonyl (C=O) groups excluding carboxylic acids is 1. The van der Waals surface area contributed by atoms with Gasteiger partial charge in [0.2, 0.25) is 5.91 Å². The lowest BCUT2D eigenvalue weighted by molar-refractivity contribution is -0.134. The van der Waals surface area contributed by atoms with Gasteiger partial charge in [-0.2, -0.15) is 0 Å². The number of thioether (sulfide) groups is 1. The van der Waals surface area contributed by atoms with Crippen LogP contribution in [0.15, 0.2) is 22.7 Å². The number of hydrogen-bond acceptors (Lipinski definition) is 5. The van der Waals surface area contributed by atoms with E-state index in [1.165, 1.54) is 23.1 Å². The van der Waals surface area contributed by atoms with Crippen molar-refractivity contribution in [1.29, 1.82) is 0 Å². The van der Waals surface area contributed by atoms with E-state index in [-0.39, 0.29) is 5.91 Å². The number of thiophene rings is 1. The van der Waals surface area contributed by atoms with Gasteiger partial charge >= 0.3 is 0 Å². The van der Waals surface area contributed by atoms with Gasteiger partial charge in [0.25, 0.3) is 0 Å². The van der Waals surface area contributed by atoms with Crippen molar-refractivity contribution in [3.8, 4) is 0 Å². The van der Waals surface area contributed by atoms with Crippen LogP contribution in [0.5, 0.6) is 0 Å². The van der Waals surface area contributed by atoms with Gasteiger partial charge in [-0.1, -0.05) is 17.8 Å². The highest BCUT2D eigenvalue weighted by molar-refractivity contribution is 7.99. The van der Waals surface area contributed by atoms with Crippen LogP contribution in [0.1, 0.15) is 43.8 Å². The third-order valence-corrected chi connectivity index (χ3v) is 6.53. The van der Waals surface area contributed by atoms with Crippen molar-refractivity contribution in [3.63, 3.8) is 0 Å². The van der Waals surface area contributed by atoms with Gasteiger partial charge in [0.05, 0.1) is 5.75 Å². The average molecular weight is 365 g/mol. The molecule has 0 N–H and O–H groups in total. The monoisotopic (exact) mass is 364 g/mol. The Morgan fingerprint density at radius 2 is 2.08 bits per heavy atom. The van der Waals surface area contributed by atoms with E-state index in [0.717, 1.165) is 30.2 Å². The van der Waals surface area contributed by atoms with E-state index in [2.05, 4.69) is 40.4 Å². The summed E-state index contributed by atoms with van der Waals surface area (Å²) in [5, 5.41) is 11.4. The average Bonchev–Trinajstić information content (AvgIpc) is 3.17. The van der Waals surface area contributed by atoms with Crippen LogP contribution in [0.25, 0.3) is 0 Å². The van der Waals surface area contributed by atoms with Crippen LogP contribution in [0.4, 0.5) is 0 Å². The normalized spacial score (nSPS) is 21.2. The van der Waals surface area contributed by atoms with Crippen molar-refractivity contribution in [2.75, 3.05) is 5.75 Å². The molecule has 1 amide bonds. The Bertz CT molecular complexity index is 673. The molecule has 2 aromatic rings. The smallest absolute Gasteiger partial charge is 0.233 e. The third-order valence-electron chi connectivity index (χ3n) is 4.64. The number of piperidine rings is 1. The van der Waals surface area contributed by atoms with Gasteiger partial charge in [0.15, 0.2) is 5.16 Å². The third kappa shape index (κ3) is 3.83. The highest BCUT2D eigenvalue weighted by atomic mass is 32.2. The Hall–Kier alpha value is -1.34. The molecule has 2 aromatic heterocycles. The Kier molecular flexibility index (Phi) is 5.61. The van der Waals surface area contributed by atoms with E-state index in [0.29, 0.717) is 17.8 Å². The first-order valence-electron chi connectivity index (χ1n) is 8.41. The highest BCUT2D eigenvalue weighted by Crippen LogP contribution is 2.25. The largest absolute Gasteiger partial charge is 0.337 e. The number of carbonyl (C=O) groups is 1. The first kappa shape index (κ1) is 17.5. The lowest BCUT2D eigenvalue weighted by Gasteiger charge is -2.39. The Labute approximate surface area is 151 Å². The van der Waals surface area contributed by atoms with E-state index in [9.17, 15) is 4.79 Å². The summed E-state index contributed by atoms with van der Waals surface area (Å²) in [6.45, 7) is 4.30. The van der Waals surface area contributed by atoms with E-state index in [1.54, 1.807) is 11.3 Å². The van der Waals surface area contributed by atoms with Crippen molar-refractivity contribution in [1.82, 2.24) is 19.7 Å². The molecule has 3 heterocycles. The summed E-state index contributed by atoms with van der Waals surface area (Å²) in [7, 11) is 1.97. The maximum absolute atomic E-state index is 12.6. The van der Waals surface area contributed by atoms with Gasteiger partial charge < -0.3 is 9.47 Å². The number of amides is 1. The van der Waals surface area contributed by atoms with Crippen molar-refractivity contribution in [2.24, 2.45) is 7.05 Å². The topological polar surface area (TPSA) is 51.0 Å². The van der Waals surface area contributed by atoms with Gasteiger partial charge in [-0.25, -0.2) is 0 Å². The van der Waals surface area contributed by atoms with Crippen molar-refractivity contribution < 1.29 is 4.79 Å². The first-order valence-corrected chi connectivity index (χ1v) is 10.3. The fourth-order valence-electron chi connectivity index (χ4n) is 3.31. The van der Waals surface area contributed by atoms with Crippen molar-refractivity contribution >= 4 is 29.0 Å². The molecule has 24 heavy (non-hydrogen) atoms. The molecule has 2 unspecified atom stereocenters. The van der Waals surface area contributed by atoms with Gasteiger partial charge in [0.1, 0.15) is 5.82 Å². The molecule has 0 radical (unpaired) electrons. The van der Waals surface area contributed by atoms with Crippen LogP contribution in [0.2, 0.25) is 0 Å². The summed E-state index contributed by atoms with van der Waals surface area (Å²) >= 11 is 3.21. The molecule has 3 rings (SSSR count). The van der Waals surface area contributed by atoms with Crippen LogP contribution in [0.3, 0.4) is 0 Å². The Morgan fingerprint density at radius 3 is 2.75 bits per heavy atom. The lowest BCUT2D eigenvalue weighted by atomic mass is 9.98. The van der Waals surface area contributed by atoms with Crippen molar-refractivity contribution in [3.05, 3.63) is 28.2 Å². The van der Waals surface area contributed by atoms with Gasteiger partial charge in [0, 0.05) is 30.4 Å². The fourth-order valence-corrected chi connectivity index (χ4v) is 4.81. The van der Waals surface area contributed by atoms with Crippen LogP contribution < -0.4 is 0 Å². The standard InChI is InChI=1S/C17H24N4OS2/c1-12-6-4-7-13(2)21(12)16(22)11-24-17-19-18-15(20(17)3)10-14-8-5-9-23-14/h5,8-9,12-13H,4,6-7,10-11H2,1-3H3. The van der Waals surface area contributed by atoms with E-state index in [4.69, 9.17) is 0 Å². The molecule has 0 aromatic carbocycles. The molecule has 7 heteroatoms. The summed E-state index contributed by atoms with van der Waals surface area (Å²) < 4.78 is 2.00. The second kappa shape index (κ2) is 7.70. The van der Waals surface area contributed by atoms with Crippen LogP contribution >= 0.6 is 23.1 Å². The van der Waals surface area contributed by atoms with Crippen LogP contribution in [0, 0.1) is 0 Å². The second-order valence-electron chi connectivity index (χ2n) is 6.43. The number of rotatable bonds is 5. The van der Waals surface area contributed by atoms with Gasteiger partial charge in [-0.05, 0) is 44.6 Å². The highest BCUT2D eigenvalue weighted by Gasteiger charge is 2.29. The maximum Gasteiger partial charge on any atom is 0.233 e. The quantitative estimate of drug-likeness (QED) is 0.764. The molecular weight excluding hydrogens is 340 g/mol. The zero-order chi connectivity index (χ0) is 17.1. The molecule has 0 spiro atoms. The zero-order valence-corrected chi connectivity index (χ0v) is 16.1. The Balaban J connectivity index is 1.60. The molecule has 1 fully saturated rings. The number of aromatic nitrogens is 3. The summed E-state index contributed by atoms with van der Waals surface area (Å²) in [5.41, 5.74) is 0.